The summed E-state index contributed by atoms with van der Waals surface area (Å²) in [5.41, 5.74) is 6.21. The molecule has 2 aromatic rings. The Hall–Kier alpha value is -2.90. The molecule has 8 heteroatoms. The standard InChI is InChI=1S/C15H20N6O2/c1-3-4-9-21(2)12-7-5-11(6-8-12)14(22)18-19-15(23)13-10-16-20-17-13/h5-8,10H,3-4,9H2,1-2H3,(H,18,22)(H,19,23)(H,16,17,20). The summed E-state index contributed by atoms with van der Waals surface area (Å²) in [5, 5.41) is 9.46. The molecule has 3 N–H and O–H groups in total. The molecule has 0 fully saturated rings. The molecule has 1 heterocycles. The fourth-order valence-electron chi connectivity index (χ4n) is 1.95. The van der Waals surface area contributed by atoms with Crippen LogP contribution in [0.2, 0.25) is 0 Å². The fourth-order valence-corrected chi connectivity index (χ4v) is 1.95. The lowest BCUT2D eigenvalue weighted by Gasteiger charge is -2.19. The Morgan fingerprint density at radius 2 is 1.87 bits per heavy atom. The van der Waals surface area contributed by atoms with Gasteiger partial charge in [-0.1, -0.05) is 13.3 Å². The van der Waals surface area contributed by atoms with Crippen LogP contribution in [-0.4, -0.2) is 40.8 Å². The van der Waals surface area contributed by atoms with E-state index >= 15 is 0 Å². The van der Waals surface area contributed by atoms with Gasteiger partial charge in [0.1, 0.15) is 0 Å². The van der Waals surface area contributed by atoms with Gasteiger partial charge in [-0.15, -0.1) is 0 Å². The summed E-state index contributed by atoms with van der Waals surface area (Å²) in [7, 11) is 2.02. The third-order valence-electron chi connectivity index (χ3n) is 3.35. The van der Waals surface area contributed by atoms with Gasteiger partial charge in [0, 0.05) is 24.8 Å². The molecule has 1 aromatic heterocycles. The van der Waals surface area contributed by atoms with Crippen LogP contribution in [0.25, 0.3) is 0 Å². The van der Waals surface area contributed by atoms with Gasteiger partial charge >= 0.3 is 0 Å². The number of hydrogen-bond donors (Lipinski definition) is 3. The number of nitrogens with one attached hydrogen (secondary N) is 3. The first-order valence-corrected chi connectivity index (χ1v) is 7.39. The maximum atomic E-state index is 12.0. The van der Waals surface area contributed by atoms with Crippen LogP contribution >= 0.6 is 0 Å². The van der Waals surface area contributed by atoms with Gasteiger partial charge in [0.15, 0.2) is 5.69 Å². The van der Waals surface area contributed by atoms with E-state index in [1.54, 1.807) is 12.1 Å². The van der Waals surface area contributed by atoms with Crippen molar-refractivity contribution in [3.8, 4) is 0 Å². The molecule has 0 aliphatic rings. The molecule has 122 valence electrons. The fraction of sp³-hybridized carbons (Fsp3) is 0.333. The molecule has 0 aliphatic heterocycles. The normalized spacial score (nSPS) is 10.2. The number of hydrazine groups is 1. The summed E-state index contributed by atoms with van der Waals surface area (Å²) < 4.78 is 0. The number of aromatic amines is 1. The molecule has 8 nitrogen and oxygen atoms in total. The van der Waals surface area contributed by atoms with E-state index in [9.17, 15) is 9.59 Å². The average Bonchev–Trinajstić information content (AvgIpc) is 3.12. The van der Waals surface area contributed by atoms with E-state index in [4.69, 9.17) is 0 Å². The monoisotopic (exact) mass is 316 g/mol. The number of aromatic nitrogens is 3. The van der Waals surface area contributed by atoms with Gasteiger partial charge in [-0.3, -0.25) is 20.4 Å². The van der Waals surface area contributed by atoms with Crippen molar-refractivity contribution in [1.82, 2.24) is 26.3 Å². The molecule has 23 heavy (non-hydrogen) atoms. The highest BCUT2D eigenvalue weighted by Crippen LogP contribution is 2.14. The molecule has 2 rings (SSSR count). The van der Waals surface area contributed by atoms with Gasteiger partial charge in [-0.2, -0.15) is 15.4 Å². The predicted molar refractivity (Wildman–Crippen MR) is 85.9 cm³/mol. The number of nitrogens with zero attached hydrogens (tertiary/aromatic N) is 3. The first-order chi connectivity index (χ1) is 11.1. The number of unbranched alkanes of at least 4 members (excludes halogenated alkanes) is 1. The molecule has 0 saturated carbocycles. The van der Waals surface area contributed by atoms with E-state index in [2.05, 4.69) is 38.1 Å². The van der Waals surface area contributed by atoms with Crippen LogP contribution < -0.4 is 15.8 Å². The summed E-state index contributed by atoms with van der Waals surface area (Å²) >= 11 is 0. The second-order valence-corrected chi connectivity index (χ2v) is 5.09. The van der Waals surface area contributed by atoms with Gasteiger partial charge in [0.25, 0.3) is 11.8 Å². The van der Waals surface area contributed by atoms with Crippen molar-refractivity contribution in [1.29, 1.82) is 0 Å². The molecule has 0 atom stereocenters. The lowest BCUT2D eigenvalue weighted by atomic mass is 10.2. The number of carbonyl (C=O) groups is 2. The summed E-state index contributed by atoms with van der Waals surface area (Å²) in [6.07, 6.45) is 3.52. The number of anilines is 1. The third-order valence-corrected chi connectivity index (χ3v) is 3.35. The molecule has 0 bridgehead atoms. The Morgan fingerprint density at radius 3 is 2.48 bits per heavy atom. The largest absolute Gasteiger partial charge is 0.375 e. The highest BCUT2D eigenvalue weighted by Gasteiger charge is 2.11. The number of rotatable bonds is 6. The van der Waals surface area contributed by atoms with Gasteiger partial charge in [-0.25, -0.2) is 0 Å². The number of hydrogen-bond acceptors (Lipinski definition) is 5. The number of benzene rings is 1. The maximum absolute atomic E-state index is 12.0. The molecule has 0 radical (unpaired) electrons. The van der Waals surface area contributed by atoms with Crippen LogP contribution in [0.1, 0.15) is 40.6 Å². The maximum Gasteiger partial charge on any atom is 0.291 e. The predicted octanol–water partition coefficient (Wildman–Crippen LogP) is 1.12. The Bertz CT molecular complexity index is 638. The molecule has 0 saturated heterocycles. The zero-order valence-electron chi connectivity index (χ0n) is 13.2. The van der Waals surface area contributed by atoms with E-state index in [0.717, 1.165) is 25.1 Å². The van der Waals surface area contributed by atoms with E-state index in [1.807, 2.05) is 19.2 Å². The molecule has 0 unspecified atom stereocenters. The average molecular weight is 316 g/mol. The number of amides is 2. The minimum atomic E-state index is -0.539. The van der Waals surface area contributed by atoms with Crippen LogP contribution in [0.15, 0.2) is 30.5 Å². The van der Waals surface area contributed by atoms with Crippen molar-refractivity contribution < 1.29 is 9.59 Å². The smallest absolute Gasteiger partial charge is 0.291 e. The lowest BCUT2D eigenvalue weighted by molar-refractivity contribution is 0.0844. The van der Waals surface area contributed by atoms with Crippen LogP contribution in [-0.2, 0) is 0 Å². The van der Waals surface area contributed by atoms with Crippen molar-refractivity contribution >= 4 is 17.5 Å². The van der Waals surface area contributed by atoms with Crippen molar-refractivity contribution in [3.05, 3.63) is 41.7 Å². The van der Waals surface area contributed by atoms with Crippen LogP contribution in [0.3, 0.4) is 0 Å². The summed E-state index contributed by atoms with van der Waals surface area (Å²) in [5.74, 6) is -0.937. The van der Waals surface area contributed by atoms with Crippen molar-refractivity contribution in [2.24, 2.45) is 0 Å². The minimum absolute atomic E-state index is 0.0956. The van der Waals surface area contributed by atoms with Gasteiger partial charge < -0.3 is 4.90 Å². The Kier molecular flexibility index (Phi) is 5.67. The number of H-pyrrole nitrogens is 1. The van der Waals surface area contributed by atoms with E-state index < -0.39 is 11.8 Å². The molecular formula is C15H20N6O2. The van der Waals surface area contributed by atoms with Crippen LogP contribution in [0.4, 0.5) is 5.69 Å². The molecule has 0 aliphatic carbocycles. The van der Waals surface area contributed by atoms with E-state index in [1.165, 1.54) is 6.20 Å². The van der Waals surface area contributed by atoms with Crippen molar-refractivity contribution in [3.63, 3.8) is 0 Å². The van der Waals surface area contributed by atoms with Crippen LogP contribution in [0, 0.1) is 0 Å². The van der Waals surface area contributed by atoms with Gasteiger partial charge in [0.2, 0.25) is 0 Å². The van der Waals surface area contributed by atoms with E-state index in [-0.39, 0.29) is 5.69 Å². The SMILES string of the molecule is CCCCN(C)c1ccc(C(=O)NNC(=O)c2cn[nH]n2)cc1. The highest BCUT2D eigenvalue weighted by atomic mass is 16.2. The molecule has 1 aromatic carbocycles. The zero-order valence-corrected chi connectivity index (χ0v) is 13.2. The quantitative estimate of drug-likeness (QED) is 0.693. The molecule has 0 spiro atoms. The van der Waals surface area contributed by atoms with Crippen molar-refractivity contribution in [2.75, 3.05) is 18.5 Å². The first-order valence-electron chi connectivity index (χ1n) is 7.39. The summed E-state index contributed by atoms with van der Waals surface area (Å²) in [6.45, 7) is 3.12. The second kappa shape index (κ2) is 7.92. The van der Waals surface area contributed by atoms with Gasteiger partial charge in [0.05, 0.1) is 6.20 Å². The second-order valence-electron chi connectivity index (χ2n) is 5.09. The summed E-state index contributed by atoms with van der Waals surface area (Å²) in [6, 6.07) is 7.19. The zero-order chi connectivity index (χ0) is 16.7. The Morgan fingerprint density at radius 1 is 1.17 bits per heavy atom. The Labute approximate surface area is 134 Å². The van der Waals surface area contributed by atoms with Crippen molar-refractivity contribution in [2.45, 2.75) is 19.8 Å². The number of carbonyl (C=O) groups excluding carboxylic acids is 2. The topological polar surface area (TPSA) is 103 Å². The lowest BCUT2D eigenvalue weighted by Crippen LogP contribution is -2.41. The first kappa shape index (κ1) is 16.5. The Balaban J connectivity index is 1.88. The molecular weight excluding hydrogens is 296 g/mol. The molecule has 2 amide bonds. The minimum Gasteiger partial charge on any atom is -0.375 e. The summed E-state index contributed by atoms with van der Waals surface area (Å²) in [4.78, 5) is 25.8. The van der Waals surface area contributed by atoms with E-state index in [0.29, 0.717) is 5.56 Å². The van der Waals surface area contributed by atoms with Crippen LogP contribution in [0.5, 0.6) is 0 Å². The third kappa shape index (κ3) is 4.53. The highest BCUT2D eigenvalue weighted by molar-refractivity contribution is 5.98. The van der Waals surface area contributed by atoms with Gasteiger partial charge in [-0.05, 0) is 30.7 Å².